The lowest BCUT2D eigenvalue weighted by molar-refractivity contribution is -0.101. The monoisotopic (exact) mass is 226 g/mol. The van der Waals surface area contributed by atoms with Gasteiger partial charge in [0.05, 0.1) is 11.6 Å². The molecule has 0 aromatic rings. The van der Waals surface area contributed by atoms with E-state index in [2.05, 4.69) is 12.3 Å². The molecule has 0 aromatic heterocycles. The molecule has 2 rings (SSSR count). The SMILES string of the molecule is COC1(C(NN)C2CCC2)CCCC(C)C1. The molecule has 0 spiro atoms. The number of ether oxygens (including phenoxy) is 1. The maximum Gasteiger partial charge on any atom is 0.0849 e. The van der Waals surface area contributed by atoms with Gasteiger partial charge in [0.1, 0.15) is 0 Å². The van der Waals surface area contributed by atoms with Crippen molar-refractivity contribution in [2.24, 2.45) is 17.7 Å². The highest BCUT2D eigenvalue weighted by Gasteiger charge is 2.46. The third-order valence-corrected chi connectivity index (χ3v) is 4.76. The van der Waals surface area contributed by atoms with Crippen molar-refractivity contribution in [1.82, 2.24) is 5.43 Å². The molecule has 3 unspecified atom stereocenters. The zero-order chi connectivity index (χ0) is 11.6. The first-order valence-corrected chi connectivity index (χ1v) is 6.73. The number of hydrazine groups is 1. The van der Waals surface area contributed by atoms with Crippen LogP contribution >= 0.6 is 0 Å². The van der Waals surface area contributed by atoms with E-state index in [0.29, 0.717) is 6.04 Å². The average Bonchev–Trinajstić information content (AvgIpc) is 2.22. The van der Waals surface area contributed by atoms with E-state index in [4.69, 9.17) is 10.6 Å². The van der Waals surface area contributed by atoms with E-state index in [-0.39, 0.29) is 5.60 Å². The Bertz CT molecular complexity index is 230. The molecule has 3 N–H and O–H groups in total. The molecule has 0 heterocycles. The Hall–Kier alpha value is -0.120. The molecule has 0 saturated heterocycles. The van der Waals surface area contributed by atoms with Gasteiger partial charge in [0.25, 0.3) is 0 Å². The van der Waals surface area contributed by atoms with E-state index in [0.717, 1.165) is 18.3 Å². The average molecular weight is 226 g/mol. The summed E-state index contributed by atoms with van der Waals surface area (Å²) in [7, 11) is 1.86. The van der Waals surface area contributed by atoms with E-state index >= 15 is 0 Å². The molecular weight excluding hydrogens is 200 g/mol. The summed E-state index contributed by atoms with van der Waals surface area (Å²) < 4.78 is 5.92. The van der Waals surface area contributed by atoms with Crippen LogP contribution in [0.1, 0.15) is 51.9 Å². The summed E-state index contributed by atoms with van der Waals surface area (Å²) in [6.07, 6.45) is 8.93. The molecule has 0 bridgehead atoms. The Kier molecular flexibility index (Phi) is 3.88. The standard InChI is InChI=1S/C13H26N2O/c1-10-5-4-8-13(9-10,16-2)12(15-14)11-6-3-7-11/h10-12,15H,3-9,14H2,1-2H3. The quantitative estimate of drug-likeness (QED) is 0.571. The van der Waals surface area contributed by atoms with E-state index in [1.165, 1.54) is 38.5 Å². The maximum absolute atomic E-state index is 5.92. The fourth-order valence-corrected chi connectivity index (χ4v) is 3.63. The molecule has 0 aliphatic heterocycles. The summed E-state index contributed by atoms with van der Waals surface area (Å²) >= 11 is 0. The third-order valence-electron chi connectivity index (χ3n) is 4.76. The molecule has 3 nitrogen and oxygen atoms in total. The molecular formula is C13H26N2O. The zero-order valence-corrected chi connectivity index (χ0v) is 10.7. The largest absolute Gasteiger partial charge is 0.377 e. The van der Waals surface area contributed by atoms with Gasteiger partial charge in [-0.15, -0.1) is 0 Å². The molecule has 2 aliphatic carbocycles. The molecule has 94 valence electrons. The highest BCUT2D eigenvalue weighted by Crippen LogP contribution is 2.43. The summed E-state index contributed by atoms with van der Waals surface area (Å²) in [6, 6.07) is 0.356. The van der Waals surface area contributed by atoms with Crippen LogP contribution in [0.25, 0.3) is 0 Å². The van der Waals surface area contributed by atoms with Crippen molar-refractivity contribution in [3.8, 4) is 0 Å². The normalized spacial score (nSPS) is 38.1. The van der Waals surface area contributed by atoms with Crippen LogP contribution in [0.5, 0.6) is 0 Å². The number of hydrogen-bond donors (Lipinski definition) is 2. The molecule has 3 atom stereocenters. The fraction of sp³-hybridized carbons (Fsp3) is 1.00. The second kappa shape index (κ2) is 5.03. The molecule has 0 radical (unpaired) electrons. The molecule has 3 heteroatoms. The lowest BCUT2D eigenvalue weighted by Gasteiger charge is -2.49. The summed E-state index contributed by atoms with van der Waals surface area (Å²) in [6.45, 7) is 2.33. The third kappa shape index (κ3) is 2.13. The minimum atomic E-state index is -0.00248. The van der Waals surface area contributed by atoms with Gasteiger partial charge in [-0.2, -0.15) is 0 Å². The number of rotatable bonds is 4. The summed E-state index contributed by atoms with van der Waals surface area (Å²) in [5, 5.41) is 0. The second-order valence-electron chi connectivity index (χ2n) is 5.81. The predicted molar refractivity (Wildman–Crippen MR) is 65.8 cm³/mol. The van der Waals surface area contributed by atoms with Crippen LogP contribution in [0.2, 0.25) is 0 Å². The number of nitrogens with one attached hydrogen (secondary N) is 1. The minimum Gasteiger partial charge on any atom is -0.377 e. The van der Waals surface area contributed by atoms with Gasteiger partial charge in [0.15, 0.2) is 0 Å². The highest BCUT2D eigenvalue weighted by atomic mass is 16.5. The van der Waals surface area contributed by atoms with Crippen molar-refractivity contribution in [2.45, 2.75) is 63.5 Å². The van der Waals surface area contributed by atoms with Gasteiger partial charge in [-0.25, -0.2) is 0 Å². The van der Waals surface area contributed by atoms with Gasteiger partial charge in [-0.05, 0) is 37.5 Å². The lowest BCUT2D eigenvalue weighted by Crippen LogP contribution is -2.60. The van der Waals surface area contributed by atoms with Crippen molar-refractivity contribution < 1.29 is 4.74 Å². The number of methoxy groups -OCH3 is 1. The van der Waals surface area contributed by atoms with Crippen LogP contribution in [0.3, 0.4) is 0 Å². The van der Waals surface area contributed by atoms with Gasteiger partial charge in [0.2, 0.25) is 0 Å². The molecule has 2 fully saturated rings. The molecule has 16 heavy (non-hydrogen) atoms. The number of hydrogen-bond acceptors (Lipinski definition) is 3. The van der Waals surface area contributed by atoms with Crippen LogP contribution in [0.4, 0.5) is 0 Å². The van der Waals surface area contributed by atoms with Crippen molar-refractivity contribution in [1.29, 1.82) is 0 Å². The van der Waals surface area contributed by atoms with Crippen molar-refractivity contribution in [3.63, 3.8) is 0 Å². The van der Waals surface area contributed by atoms with Crippen molar-refractivity contribution >= 4 is 0 Å². The van der Waals surface area contributed by atoms with E-state index in [1.807, 2.05) is 7.11 Å². The predicted octanol–water partition coefficient (Wildman–Crippen LogP) is 2.21. The van der Waals surface area contributed by atoms with Crippen LogP contribution in [0.15, 0.2) is 0 Å². The van der Waals surface area contributed by atoms with Gasteiger partial charge in [0, 0.05) is 7.11 Å². The van der Waals surface area contributed by atoms with Gasteiger partial charge in [-0.1, -0.05) is 26.2 Å². The topological polar surface area (TPSA) is 47.3 Å². The van der Waals surface area contributed by atoms with Crippen molar-refractivity contribution in [3.05, 3.63) is 0 Å². The maximum atomic E-state index is 5.92. The summed E-state index contributed by atoms with van der Waals surface area (Å²) in [4.78, 5) is 0. The summed E-state index contributed by atoms with van der Waals surface area (Å²) in [5.41, 5.74) is 3.06. The number of nitrogens with two attached hydrogens (primary N) is 1. The minimum absolute atomic E-state index is 0.00248. The Balaban J connectivity index is 2.10. The van der Waals surface area contributed by atoms with Gasteiger partial charge in [-0.3, -0.25) is 11.3 Å². The Morgan fingerprint density at radius 2 is 2.06 bits per heavy atom. The first-order valence-electron chi connectivity index (χ1n) is 6.73. The Morgan fingerprint density at radius 3 is 2.50 bits per heavy atom. The van der Waals surface area contributed by atoms with Crippen molar-refractivity contribution in [2.75, 3.05) is 7.11 Å². The van der Waals surface area contributed by atoms with Crippen LogP contribution in [0, 0.1) is 11.8 Å². The van der Waals surface area contributed by atoms with E-state index in [9.17, 15) is 0 Å². The fourth-order valence-electron chi connectivity index (χ4n) is 3.63. The lowest BCUT2D eigenvalue weighted by atomic mass is 9.66. The molecule has 2 saturated carbocycles. The van der Waals surface area contributed by atoms with Gasteiger partial charge < -0.3 is 4.74 Å². The highest BCUT2D eigenvalue weighted by molar-refractivity contribution is 5.00. The second-order valence-corrected chi connectivity index (χ2v) is 5.81. The first-order chi connectivity index (χ1) is 7.72. The van der Waals surface area contributed by atoms with Crippen LogP contribution in [-0.4, -0.2) is 18.8 Å². The molecule has 2 aliphatic rings. The molecule has 0 amide bonds. The van der Waals surface area contributed by atoms with Gasteiger partial charge >= 0.3 is 0 Å². The van der Waals surface area contributed by atoms with Crippen LogP contribution < -0.4 is 11.3 Å². The summed E-state index contributed by atoms with van der Waals surface area (Å²) in [5.74, 6) is 7.29. The van der Waals surface area contributed by atoms with Crippen LogP contribution in [-0.2, 0) is 4.74 Å². The smallest absolute Gasteiger partial charge is 0.0849 e. The zero-order valence-electron chi connectivity index (χ0n) is 10.7. The molecule has 0 aromatic carbocycles. The van der Waals surface area contributed by atoms with E-state index in [1.54, 1.807) is 0 Å². The first kappa shape index (κ1) is 12.3. The van der Waals surface area contributed by atoms with E-state index < -0.39 is 0 Å². The Labute approximate surface area is 99.1 Å². The Morgan fingerprint density at radius 1 is 1.31 bits per heavy atom.